The van der Waals surface area contributed by atoms with Gasteiger partial charge in [0.15, 0.2) is 0 Å². The molecule has 16 heavy (non-hydrogen) atoms. The second-order valence-corrected chi connectivity index (χ2v) is 4.41. The number of methoxy groups -OCH3 is 1. The first-order chi connectivity index (χ1) is 7.61. The Morgan fingerprint density at radius 3 is 2.81 bits per heavy atom. The van der Waals surface area contributed by atoms with Gasteiger partial charge in [-0.2, -0.15) is 0 Å². The number of hydrogen-bond acceptors (Lipinski definition) is 2. The second-order valence-electron chi connectivity index (χ2n) is 3.97. The summed E-state index contributed by atoms with van der Waals surface area (Å²) in [6.07, 6.45) is 0. The van der Waals surface area contributed by atoms with E-state index in [0.29, 0.717) is 17.5 Å². The Hall–Kier alpha value is -0.640. The molecule has 1 N–H and O–H groups in total. The molecular weight excluding hydrogens is 229 g/mol. The van der Waals surface area contributed by atoms with Gasteiger partial charge < -0.3 is 10.1 Å². The molecule has 0 aliphatic heterocycles. The highest BCUT2D eigenvalue weighted by molar-refractivity contribution is 6.30. The van der Waals surface area contributed by atoms with E-state index in [1.54, 1.807) is 13.2 Å². The quantitative estimate of drug-likeness (QED) is 0.832. The van der Waals surface area contributed by atoms with Crippen LogP contribution in [0, 0.1) is 11.7 Å². The van der Waals surface area contributed by atoms with Gasteiger partial charge in [-0.25, -0.2) is 4.39 Å². The van der Waals surface area contributed by atoms with Gasteiger partial charge in [0.25, 0.3) is 0 Å². The lowest BCUT2D eigenvalue weighted by Crippen LogP contribution is -2.23. The van der Waals surface area contributed by atoms with Crippen molar-refractivity contribution in [3.63, 3.8) is 0 Å². The van der Waals surface area contributed by atoms with Crippen molar-refractivity contribution in [2.75, 3.05) is 20.3 Å². The van der Waals surface area contributed by atoms with Gasteiger partial charge in [-0.05, 0) is 29.7 Å². The summed E-state index contributed by atoms with van der Waals surface area (Å²) in [5.41, 5.74) is 0.856. The van der Waals surface area contributed by atoms with E-state index in [9.17, 15) is 4.39 Å². The summed E-state index contributed by atoms with van der Waals surface area (Å²) in [7, 11) is 1.68. The van der Waals surface area contributed by atoms with Gasteiger partial charge in [-0.1, -0.05) is 18.5 Å². The average molecular weight is 246 g/mol. The first-order valence-corrected chi connectivity index (χ1v) is 5.64. The van der Waals surface area contributed by atoms with Crippen molar-refractivity contribution in [1.29, 1.82) is 0 Å². The zero-order valence-corrected chi connectivity index (χ0v) is 10.4. The van der Waals surface area contributed by atoms with Crippen molar-refractivity contribution in [1.82, 2.24) is 5.32 Å². The number of hydrogen-bond donors (Lipinski definition) is 1. The van der Waals surface area contributed by atoms with E-state index in [2.05, 4.69) is 12.2 Å². The molecule has 0 heterocycles. The Labute approximate surface area is 101 Å². The molecule has 0 amide bonds. The normalized spacial score (nSPS) is 12.8. The summed E-state index contributed by atoms with van der Waals surface area (Å²) in [6, 6.07) is 4.55. The molecule has 0 aromatic heterocycles. The first-order valence-electron chi connectivity index (χ1n) is 5.26. The van der Waals surface area contributed by atoms with Gasteiger partial charge in [-0.15, -0.1) is 0 Å². The van der Waals surface area contributed by atoms with Crippen LogP contribution in [0.5, 0.6) is 0 Å². The van der Waals surface area contributed by atoms with E-state index in [1.807, 2.05) is 0 Å². The van der Waals surface area contributed by atoms with Crippen LogP contribution in [0.4, 0.5) is 4.39 Å². The third-order valence-electron chi connectivity index (χ3n) is 2.20. The topological polar surface area (TPSA) is 21.3 Å². The maximum atomic E-state index is 13.0. The second kappa shape index (κ2) is 6.84. The summed E-state index contributed by atoms with van der Waals surface area (Å²) >= 11 is 5.75. The molecule has 4 heteroatoms. The Morgan fingerprint density at radius 1 is 1.44 bits per heavy atom. The van der Waals surface area contributed by atoms with E-state index in [-0.39, 0.29) is 5.82 Å². The van der Waals surface area contributed by atoms with Gasteiger partial charge in [0.05, 0.1) is 0 Å². The highest BCUT2D eigenvalue weighted by atomic mass is 35.5. The summed E-state index contributed by atoms with van der Waals surface area (Å²) in [5.74, 6) is 0.142. The molecule has 0 fully saturated rings. The minimum absolute atomic E-state index is 0.297. The molecule has 1 rings (SSSR count). The van der Waals surface area contributed by atoms with Crippen LogP contribution in [0.3, 0.4) is 0 Å². The van der Waals surface area contributed by atoms with Crippen LogP contribution in [0.25, 0.3) is 0 Å². The lowest BCUT2D eigenvalue weighted by molar-refractivity contribution is 0.158. The molecule has 0 saturated heterocycles. The number of nitrogens with one attached hydrogen (secondary N) is 1. The number of rotatable bonds is 6. The van der Waals surface area contributed by atoms with Crippen LogP contribution < -0.4 is 5.32 Å². The van der Waals surface area contributed by atoms with E-state index in [1.165, 1.54) is 12.1 Å². The maximum absolute atomic E-state index is 13.0. The zero-order chi connectivity index (χ0) is 12.0. The maximum Gasteiger partial charge on any atom is 0.125 e. The number of ether oxygens (including phenoxy) is 1. The third kappa shape index (κ3) is 4.92. The molecule has 2 nitrogen and oxygen atoms in total. The minimum Gasteiger partial charge on any atom is -0.384 e. The average Bonchev–Trinajstić information content (AvgIpc) is 2.16. The molecule has 1 aromatic rings. The van der Waals surface area contributed by atoms with E-state index in [0.717, 1.165) is 18.7 Å². The molecule has 1 unspecified atom stereocenters. The van der Waals surface area contributed by atoms with Gasteiger partial charge >= 0.3 is 0 Å². The number of benzene rings is 1. The van der Waals surface area contributed by atoms with E-state index < -0.39 is 0 Å². The Kier molecular flexibility index (Phi) is 5.74. The summed E-state index contributed by atoms with van der Waals surface area (Å²) < 4.78 is 18.0. The molecule has 1 aromatic carbocycles. The molecular formula is C12H17ClFNO. The highest BCUT2D eigenvalue weighted by Gasteiger charge is 2.02. The van der Waals surface area contributed by atoms with Crippen LogP contribution >= 0.6 is 11.6 Å². The van der Waals surface area contributed by atoms with Gasteiger partial charge in [-0.3, -0.25) is 0 Å². The summed E-state index contributed by atoms with van der Waals surface area (Å²) in [6.45, 7) is 4.26. The van der Waals surface area contributed by atoms with Crippen molar-refractivity contribution >= 4 is 11.6 Å². The smallest absolute Gasteiger partial charge is 0.125 e. The van der Waals surface area contributed by atoms with Crippen LogP contribution in [0.1, 0.15) is 12.5 Å². The fourth-order valence-corrected chi connectivity index (χ4v) is 1.76. The monoisotopic (exact) mass is 245 g/mol. The van der Waals surface area contributed by atoms with Crippen LogP contribution in [-0.2, 0) is 11.3 Å². The largest absolute Gasteiger partial charge is 0.384 e. The standard InChI is InChI=1S/C12H17ClFNO/c1-9(8-16-2)6-15-7-10-3-11(13)5-12(14)4-10/h3-5,9,15H,6-8H2,1-2H3. The summed E-state index contributed by atoms with van der Waals surface area (Å²) in [4.78, 5) is 0. The molecule has 0 radical (unpaired) electrons. The van der Waals surface area contributed by atoms with Crippen LogP contribution in [0.15, 0.2) is 18.2 Å². The predicted molar refractivity (Wildman–Crippen MR) is 64.2 cm³/mol. The molecule has 0 bridgehead atoms. The minimum atomic E-state index is -0.297. The first kappa shape index (κ1) is 13.4. The van der Waals surface area contributed by atoms with E-state index >= 15 is 0 Å². The Bertz CT molecular complexity index is 313. The van der Waals surface area contributed by atoms with Crippen molar-refractivity contribution in [2.45, 2.75) is 13.5 Å². The van der Waals surface area contributed by atoms with Crippen LogP contribution in [-0.4, -0.2) is 20.3 Å². The molecule has 0 saturated carbocycles. The van der Waals surface area contributed by atoms with Crippen LogP contribution in [0.2, 0.25) is 5.02 Å². The fraction of sp³-hybridized carbons (Fsp3) is 0.500. The lowest BCUT2D eigenvalue weighted by Gasteiger charge is -2.11. The SMILES string of the molecule is COCC(C)CNCc1cc(F)cc(Cl)c1. The molecule has 0 aliphatic rings. The summed E-state index contributed by atoms with van der Waals surface area (Å²) in [5, 5.41) is 3.67. The number of halogens is 2. The van der Waals surface area contributed by atoms with Crippen molar-refractivity contribution in [3.05, 3.63) is 34.6 Å². The van der Waals surface area contributed by atoms with Gasteiger partial charge in [0.1, 0.15) is 5.82 Å². The van der Waals surface area contributed by atoms with Gasteiger partial charge in [0, 0.05) is 31.8 Å². The zero-order valence-electron chi connectivity index (χ0n) is 9.59. The molecule has 1 atom stereocenters. The van der Waals surface area contributed by atoms with E-state index in [4.69, 9.17) is 16.3 Å². The fourth-order valence-electron chi connectivity index (χ4n) is 1.52. The van der Waals surface area contributed by atoms with Crippen molar-refractivity contribution in [2.24, 2.45) is 5.92 Å². The lowest BCUT2D eigenvalue weighted by atomic mass is 10.2. The predicted octanol–water partition coefficient (Wildman–Crippen LogP) is 2.85. The Morgan fingerprint density at radius 2 is 2.19 bits per heavy atom. The van der Waals surface area contributed by atoms with Gasteiger partial charge in [0.2, 0.25) is 0 Å². The van der Waals surface area contributed by atoms with Crippen molar-refractivity contribution in [3.8, 4) is 0 Å². The molecule has 90 valence electrons. The third-order valence-corrected chi connectivity index (χ3v) is 2.41. The Balaban J connectivity index is 2.37. The molecule has 0 spiro atoms. The molecule has 0 aliphatic carbocycles. The highest BCUT2D eigenvalue weighted by Crippen LogP contribution is 2.13. The van der Waals surface area contributed by atoms with Crippen molar-refractivity contribution < 1.29 is 9.13 Å².